The zero-order valence-electron chi connectivity index (χ0n) is 14.3. The van der Waals surface area contributed by atoms with Crippen LogP contribution in [0.2, 0.25) is 0 Å². The lowest BCUT2D eigenvalue weighted by molar-refractivity contribution is -0.126. The molecule has 3 rings (SSSR count). The fraction of sp³-hybridized carbons (Fsp3) is 0.118. The molecule has 136 valence electrons. The third-order valence-electron chi connectivity index (χ3n) is 4.12. The van der Waals surface area contributed by atoms with E-state index in [9.17, 15) is 13.2 Å². The second-order valence-electron chi connectivity index (χ2n) is 6.07. The van der Waals surface area contributed by atoms with Crippen molar-refractivity contribution in [1.29, 1.82) is 0 Å². The van der Waals surface area contributed by atoms with Gasteiger partial charge < -0.3 is 14.7 Å². The van der Waals surface area contributed by atoms with Crippen LogP contribution >= 0.6 is 15.9 Å². The van der Waals surface area contributed by atoms with Gasteiger partial charge in [0, 0.05) is 4.47 Å². The van der Waals surface area contributed by atoms with E-state index in [0.29, 0.717) is 4.47 Å². The van der Waals surface area contributed by atoms with Crippen molar-refractivity contribution in [2.45, 2.75) is 10.0 Å². The van der Waals surface area contributed by atoms with Crippen LogP contribution in [0.1, 0.15) is 11.1 Å². The molecule has 0 aromatic heterocycles. The number of rotatable bonds is 5. The molecule has 6 radical (unpaired) electrons. The first-order chi connectivity index (χ1) is 13.0. The van der Waals surface area contributed by atoms with Gasteiger partial charge in [0.2, 0.25) is 17.4 Å². The number of ether oxygens (including phenoxy) is 1. The van der Waals surface area contributed by atoms with Crippen LogP contribution in [0.4, 0.5) is 0 Å². The highest BCUT2D eigenvalue weighted by Crippen LogP contribution is 2.38. The van der Waals surface area contributed by atoms with Crippen molar-refractivity contribution < 1.29 is 22.1 Å². The largest absolute Gasteiger partial charge is 0.467 e. The van der Waals surface area contributed by atoms with Crippen molar-refractivity contribution in [2.24, 2.45) is 5.73 Å². The van der Waals surface area contributed by atoms with E-state index in [0.717, 1.165) is 0 Å². The molecule has 2 aromatic carbocycles. The molecule has 0 saturated heterocycles. The van der Waals surface area contributed by atoms with Crippen molar-refractivity contribution in [3.8, 4) is 0 Å². The molecule has 1 unspecified atom stereocenters. The summed E-state index contributed by atoms with van der Waals surface area (Å²) in [6.45, 7) is 0. The molecular weight excluding hydrogens is 443 g/mol. The molecule has 1 heterocycles. The van der Waals surface area contributed by atoms with Crippen molar-refractivity contribution >= 4 is 55.4 Å². The summed E-state index contributed by atoms with van der Waals surface area (Å²) in [5.41, 5.74) is 3.91. The lowest BCUT2D eigenvalue weighted by Gasteiger charge is -2.26. The summed E-state index contributed by atoms with van der Waals surface area (Å²) in [6.07, 6.45) is 0. The molecule has 1 aliphatic heterocycles. The third kappa shape index (κ3) is 3.37. The molecule has 28 heavy (non-hydrogen) atoms. The van der Waals surface area contributed by atoms with E-state index in [1.807, 2.05) is 0 Å². The number of carbonyl (C=O) groups is 1. The highest BCUT2D eigenvalue weighted by Gasteiger charge is 2.50. The van der Waals surface area contributed by atoms with Crippen LogP contribution in [0, 0.1) is 0 Å². The molecule has 0 bridgehead atoms. The molecule has 11 heteroatoms. The smallest absolute Gasteiger partial charge is 0.302 e. The summed E-state index contributed by atoms with van der Waals surface area (Å²) in [5.74, 6) is -2.38. The summed E-state index contributed by atoms with van der Waals surface area (Å²) in [7, 11) is 12.9. The zero-order valence-corrected chi connectivity index (χ0v) is 16.7. The van der Waals surface area contributed by atoms with Crippen LogP contribution in [-0.2, 0) is 33.9 Å². The molecule has 6 nitrogen and oxygen atoms in total. The van der Waals surface area contributed by atoms with Crippen LogP contribution in [-0.4, -0.2) is 37.7 Å². The maximum Gasteiger partial charge on any atom is 0.302 e. The van der Waals surface area contributed by atoms with E-state index >= 15 is 0 Å². The summed E-state index contributed by atoms with van der Waals surface area (Å²) < 4.78 is 33.7. The minimum absolute atomic E-state index is 0.0477. The number of ketones is 1. The highest BCUT2D eigenvalue weighted by atomic mass is 79.9. The predicted octanol–water partition coefficient (Wildman–Crippen LogP) is 0.991. The fourth-order valence-corrected chi connectivity index (χ4v) is 3.90. The van der Waals surface area contributed by atoms with Crippen LogP contribution < -0.4 is 5.73 Å². The Kier molecular flexibility index (Phi) is 5.18. The van der Waals surface area contributed by atoms with E-state index in [4.69, 9.17) is 38.2 Å². The molecular formula is C17H11B3BrNO5S. The van der Waals surface area contributed by atoms with Crippen molar-refractivity contribution in [1.82, 2.24) is 0 Å². The SMILES string of the molecule is [B]C1(c2cccc(Br)c2)OC(N)=C(OS(=O)(=O)C([B])([B])c2ccccc2)C1=O. The Labute approximate surface area is 175 Å². The van der Waals surface area contributed by atoms with Crippen molar-refractivity contribution in [3.63, 3.8) is 0 Å². The van der Waals surface area contributed by atoms with Gasteiger partial charge in [-0.3, -0.25) is 4.79 Å². The van der Waals surface area contributed by atoms with Gasteiger partial charge in [-0.05, 0) is 23.3 Å². The lowest BCUT2D eigenvalue weighted by Crippen LogP contribution is -2.40. The number of nitrogens with two attached hydrogens (primary N) is 1. The van der Waals surface area contributed by atoms with E-state index in [1.54, 1.807) is 30.3 Å². The second-order valence-corrected chi connectivity index (χ2v) is 8.73. The molecule has 1 atom stereocenters. The molecule has 0 saturated carbocycles. The third-order valence-corrected chi connectivity index (χ3v) is 6.07. The number of hydrogen-bond acceptors (Lipinski definition) is 6. The number of benzene rings is 2. The van der Waals surface area contributed by atoms with Crippen LogP contribution in [0.15, 0.2) is 70.7 Å². The van der Waals surface area contributed by atoms with Crippen LogP contribution in [0.25, 0.3) is 0 Å². The van der Waals surface area contributed by atoms with Gasteiger partial charge in [0.15, 0.2) is 5.50 Å². The van der Waals surface area contributed by atoms with Crippen molar-refractivity contribution in [3.05, 3.63) is 81.8 Å². The zero-order chi connectivity index (χ0) is 20.7. The maximum absolute atomic E-state index is 12.8. The normalized spacial score (nSPS) is 20.1. The Morgan fingerprint density at radius 1 is 1.11 bits per heavy atom. The molecule has 2 N–H and O–H groups in total. The highest BCUT2D eigenvalue weighted by molar-refractivity contribution is 9.10. The Balaban J connectivity index is 1.94. The Hall–Kier alpha value is -2.13. The molecule has 0 aliphatic carbocycles. The van der Waals surface area contributed by atoms with E-state index < -0.39 is 37.6 Å². The summed E-state index contributed by atoms with van der Waals surface area (Å²) in [5, 5.41) is 0. The van der Waals surface area contributed by atoms with Gasteiger partial charge in [-0.15, -0.1) is 0 Å². The average molecular weight is 454 g/mol. The average Bonchev–Trinajstić information content (AvgIpc) is 2.86. The fourth-order valence-electron chi connectivity index (χ4n) is 2.56. The quantitative estimate of drug-likeness (QED) is 0.536. The molecule has 1 aliphatic rings. The topological polar surface area (TPSA) is 95.7 Å². The number of Topliss-reactive ketones (excluding diaryl/α,β-unsaturated/α-hetero) is 1. The summed E-state index contributed by atoms with van der Waals surface area (Å²) in [6, 6.07) is 13.9. The minimum Gasteiger partial charge on any atom is -0.467 e. The van der Waals surface area contributed by atoms with Gasteiger partial charge in [-0.2, -0.15) is 8.42 Å². The van der Waals surface area contributed by atoms with Crippen molar-refractivity contribution in [2.75, 3.05) is 0 Å². The van der Waals surface area contributed by atoms with E-state index in [2.05, 4.69) is 15.9 Å². The minimum atomic E-state index is -4.75. The van der Waals surface area contributed by atoms with Crippen LogP contribution in [0.5, 0.6) is 0 Å². The Morgan fingerprint density at radius 2 is 1.75 bits per heavy atom. The van der Waals surface area contributed by atoms with Gasteiger partial charge in [-0.25, -0.2) is 0 Å². The summed E-state index contributed by atoms with van der Waals surface area (Å²) >= 11 is 3.26. The number of halogens is 1. The maximum atomic E-state index is 12.8. The molecule has 0 spiro atoms. The monoisotopic (exact) mass is 453 g/mol. The second kappa shape index (κ2) is 7.04. The first kappa shape index (κ1) is 20.6. The number of carbonyl (C=O) groups excluding carboxylic acids is 1. The number of hydrogen-bond donors (Lipinski definition) is 1. The van der Waals surface area contributed by atoms with Gasteiger partial charge >= 0.3 is 10.1 Å². The Morgan fingerprint density at radius 3 is 2.36 bits per heavy atom. The van der Waals surface area contributed by atoms with Gasteiger partial charge in [0.25, 0.3) is 0 Å². The van der Waals surface area contributed by atoms with Gasteiger partial charge in [-0.1, -0.05) is 58.4 Å². The first-order valence-electron chi connectivity index (χ1n) is 7.85. The Bertz CT molecular complexity index is 1080. The first-order valence-corrected chi connectivity index (χ1v) is 10.0. The molecule has 0 fully saturated rings. The predicted molar refractivity (Wildman–Crippen MR) is 109 cm³/mol. The molecule has 0 amide bonds. The van der Waals surface area contributed by atoms with E-state index in [1.165, 1.54) is 24.3 Å². The lowest BCUT2D eigenvalue weighted by atomic mass is 9.65. The standard InChI is InChI=1S/C17H11B3BrNO5S/c18-16(11-7-4-8-12(21)9-11)14(23)13(15(22)26-16)27-28(24,25)17(19,20)10-5-2-1-3-6-10/h1-9H,22H2. The van der Waals surface area contributed by atoms with Gasteiger partial charge in [0.1, 0.15) is 7.85 Å². The van der Waals surface area contributed by atoms with Crippen LogP contribution in [0.3, 0.4) is 0 Å². The van der Waals surface area contributed by atoms with Gasteiger partial charge in [0.05, 0.1) is 20.2 Å². The van der Waals surface area contributed by atoms with E-state index in [-0.39, 0.29) is 11.1 Å². The molecule has 2 aromatic rings. The summed E-state index contributed by atoms with van der Waals surface area (Å²) in [4.78, 5) is 12.8.